The molecule has 2 N–H and O–H groups in total. The Morgan fingerprint density at radius 1 is 1.03 bits per heavy atom. The zero-order chi connectivity index (χ0) is 26.6. The average molecular weight is 519 g/mol. The van der Waals surface area contributed by atoms with E-state index in [1.54, 1.807) is 29.2 Å². The van der Waals surface area contributed by atoms with Crippen LogP contribution in [0, 0.1) is 0 Å². The summed E-state index contributed by atoms with van der Waals surface area (Å²) in [6.07, 6.45) is 7.93. The Hall–Kier alpha value is -5.05. The Morgan fingerprint density at radius 2 is 1.82 bits per heavy atom. The minimum atomic E-state index is -0.969. The van der Waals surface area contributed by atoms with Crippen molar-refractivity contribution in [2.75, 3.05) is 5.43 Å². The zero-order valence-corrected chi connectivity index (χ0v) is 21.1. The molecule has 9 nitrogen and oxygen atoms in total. The molecule has 3 aromatic carbocycles. The first-order valence-electron chi connectivity index (χ1n) is 12.8. The second-order valence-electron chi connectivity index (χ2n) is 9.37. The van der Waals surface area contributed by atoms with E-state index in [4.69, 9.17) is 14.8 Å². The number of fused-ring (bicyclic) bond motifs is 2. The number of carboxylic acid groups (broad SMARTS) is 1. The van der Waals surface area contributed by atoms with Crippen molar-refractivity contribution < 1.29 is 14.6 Å². The van der Waals surface area contributed by atoms with Crippen molar-refractivity contribution in [3.05, 3.63) is 107 Å². The quantitative estimate of drug-likeness (QED) is 0.208. The molecule has 0 aliphatic heterocycles. The van der Waals surface area contributed by atoms with Crippen LogP contribution in [0.25, 0.3) is 16.6 Å². The molecule has 9 heteroatoms. The summed E-state index contributed by atoms with van der Waals surface area (Å²) in [7, 11) is 0. The smallest absolute Gasteiger partial charge is 0.335 e. The average Bonchev–Trinajstić information content (AvgIpc) is 3.45. The minimum absolute atomic E-state index is 0.219. The molecule has 2 heterocycles. The van der Waals surface area contributed by atoms with Gasteiger partial charge in [0.15, 0.2) is 0 Å². The first kappa shape index (κ1) is 24.3. The number of pyridine rings is 1. The van der Waals surface area contributed by atoms with Gasteiger partial charge in [0.05, 0.1) is 34.9 Å². The van der Waals surface area contributed by atoms with Crippen LogP contribution >= 0.6 is 0 Å². The number of nitrogens with one attached hydrogen (secondary N) is 1. The molecule has 0 saturated heterocycles. The van der Waals surface area contributed by atoms with Crippen LogP contribution in [0.3, 0.4) is 0 Å². The van der Waals surface area contributed by atoms with Crippen LogP contribution in [0.5, 0.6) is 5.75 Å². The highest BCUT2D eigenvalue weighted by molar-refractivity contribution is 5.94. The van der Waals surface area contributed by atoms with E-state index >= 15 is 0 Å². The fourth-order valence-electron chi connectivity index (χ4n) is 4.73. The lowest BCUT2D eigenvalue weighted by molar-refractivity contribution is 0.0697. The standard InChI is InChI=1S/C30H26N6O3/c37-30(38)21-11-13-23(14-12-21)36-18-22(33-35-36)19-39-24-15-9-20(10-16-24)17-31-34-29-25-5-1-3-7-27(25)32-28-8-4-2-6-26(28)29/h1,3,5,7,9-18H,2,4,6,8,19H2,(H,32,34)(H,37,38)/b31-17+. The van der Waals surface area contributed by atoms with Gasteiger partial charge in [-0.2, -0.15) is 5.10 Å². The normalized spacial score (nSPS) is 12.9. The number of anilines is 1. The molecule has 0 fully saturated rings. The van der Waals surface area contributed by atoms with Gasteiger partial charge in [0.25, 0.3) is 0 Å². The number of rotatable bonds is 8. The third kappa shape index (κ3) is 5.33. The van der Waals surface area contributed by atoms with Gasteiger partial charge in [0, 0.05) is 11.1 Å². The summed E-state index contributed by atoms with van der Waals surface area (Å²) in [5.74, 6) is -0.265. The van der Waals surface area contributed by atoms with Crippen molar-refractivity contribution >= 4 is 28.8 Å². The number of para-hydroxylation sites is 1. The number of hydrogen-bond acceptors (Lipinski definition) is 7. The molecule has 2 aromatic heterocycles. The molecule has 39 heavy (non-hydrogen) atoms. The van der Waals surface area contributed by atoms with Gasteiger partial charge in [-0.15, -0.1) is 5.10 Å². The maximum atomic E-state index is 11.0. The number of aromatic nitrogens is 4. The van der Waals surface area contributed by atoms with E-state index in [-0.39, 0.29) is 12.2 Å². The van der Waals surface area contributed by atoms with Crippen molar-refractivity contribution in [3.63, 3.8) is 0 Å². The lowest BCUT2D eigenvalue weighted by atomic mass is 9.93. The molecule has 194 valence electrons. The van der Waals surface area contributed by atoms with E-state index in [0.717, 1.165) is 40.7 Å². The van der Waals surface area contributed by atoms with Gasteiger partial charge >= 0.3 is 5.97 Å². The van der Waals surface area contributed by atoms with Crippen LogP contribution in [-0.2, 0) is 19.4 Å². The van der Waals surface area contributed by atoms with E-state index in [1.165, 1.54) is 36.2 Å². The van der Waals surface area contributed by atoms with E-state index in [0.29, 0.717) is 11.4 Å². The van der Waals surface area contributed by atoms with Crippen LogP contribution in [0.15, 0.2) is 84.1 Å². The van der Waals surface area contributed by atoms with Crippen molar-refractivity contribution in [2.24, 2.45) is 5.10 Å². The minimum Gasteiger partial charge on any atom is -0.487 e. The molecule has 0 unspecified atom stereocenters. The van der Waals surface area contributed by atoms with Gasteiger partial charge < -0.3 is 9.84 Å². The number of carboxylic acids is 1. The van der Waals surface area contributed by atoms with Gasteiger partial charge in [-0.25, -0.2) is 9.48 Å². The molecule has 0 atom stereocenters. The molecular weight excluding hydrogens is 492 g/mol. The predicted octanol–water partition coefficient (Wildman–Crippen LogP) is 5.42. The Morgan fingerprint density at radius 3 is 2.64 bits per heavy atom. The summed E-state index contributed by atoms with van der Waals surface area (Å²) in [5, 5.41) is 22.9. The highest BCUT2D eigenvalue weighted by atomic mass is 16.5. The summed E-state index contributed by atoms with van der Waals surface area (Å²) in [6.45, 7) is 0.252. The largest absolute Gasteiger partial charge is 0.487 e. The van der Waals surface area contributed by atoms with E-state index in [2.05, 4.69) is 33.0 Å². The highest BCUT2D eigenvalue weighted by Gasteiger charge is 2.17. The van der Waals surface area contributed by atoms with Gasteiger partial charge in [0.2, 0.25) is 0 Å². The number of carbonyl (C=O) groups is 1. The molecule has 0 spiro atoms. The molecule has 1 aliphatic carbocycles. The Labute approximate surface area is 224 Å². The predicted molar refractivity (Wildman–Crippen MR) is 149 cm³/mol. The maximum Gasteiger partial charge on any atom is 0.335 e. The molecule has 0 bridgehead atoms. The lowest BCUT2D eigenvalue weighted by Gasteiger charge is -2.20. The first-order chi connectivity index (χ1) is 19.1. The Balaban J connectivity index is 1.09. The highest BCUT2D eigenvalue weighted by Crippen LogP contribution is 2.33. The van der Waals surface area contributed by atoms with E-state index < -0.39 is 5.97 Å². The first-order valence-corrected chi connectivity index (χ1v) is 12.8. The third-order valence-corrected chi connectivity index (χ3v) is 6.75. The van der Waals surface area contributed by atoms with Crippen molar-refractivity contribution in [1.82, 2.24) is 20.0 Å². The maximum absolute atomic E-state index is 11.0. The lowest BCUT2D eigenvalue weighted by Crippen LogP contribution is -2.09. The Kier molecular flexibility index (Phi) is 6.69. The summed E-state index contributed by atoms with van der Waals surface area (Å²) < 4.78 is 7.45. The number of aromatic carboxylic acids is 1. The monoisotopic (exact) mass is 518 g/mol. The fraction of sp³-hybridized carbons (Fsp3) is 0.167. The van der Waals surface area contributed by atoms with Crippen molar-refractivity contribution in [2.45, 2.75) is 32.3 Å². The number of hydrogen-bond donors (Lipinski definition) is 2. The Bertz CT molecular complexity index is 1660. The summed E-state index contributed by atoms with van der Waals surface area (Å²) >= 11 is 0. The molecule has 6 rings (SSSR count). The van der Waals surface area contributed by atoms with Crippen LogP contribution < -0.4 is 10.2 Å². The summed E-state index contributed by atoms with van der Waals surface area (Å²) in [5.41, 5.74) is 10.3. The molecule has 0 amide bonds. The van der Waals surface area contributed by atoms with Gasteiger partial charge in [-0.05, 0) is 91.4 Å². The molecule has 0 saturated carbocycles. The van der Waals surface area contributed by atoms with Crippen LogP contribution in [-0.4, -0.2) is 37.3 Å². The molecule has 0 radical (unpaired) electrons. The van der Waals surface area contributed by atoms with Gasteiger partial charge in [-0.1, -0.05) is 23.4 Å². The number of hydrazone groups is 1. The van der Waals surface area contributed by atoms with E-state index in [9.17, 15) is 4.79 Å². The van der Waals surface area contributed by atoms with Crippen molar-refractivity contribution in [3.8, 4) is 11.4 Å². The second kappa shape index (κ2) is 10.7. The van der Waals surface area contributed by atoms with Crippen LogP contribution in [0.1, 0.15) is 45.7 Å². The molecular formula is C30H26N6O3. The SMILES string of the molecule is O=C(O)c1ccc(-n2cc(COc3ccc(/C=N/Nc4c5c(nc6ccccc46)CCCC5)cc3)nn2)cc1. The van der Waals surface area contributed by atoms with Gasteiger partial charge in [-0.3, -0.25) is 10.4 Å². The number of ether oxygens (including phenoxy) is 1. The fourth-order valence-corrected chi connectivity index (χ4v) is 4.73. The summed E-state index contributed by atoms with van der Waals surface area (Å²) in [6, 6.07) is 22.3. The number of benzene rings is 3. The topological polar surface area (TPSA) is 115 Å². The molecule has 1 aliphatic rings. The number of nitrogens with zero attached hydrogens (tertiary/aromatic N) is 5. The van der Waals surface area contributed by atoms with Crippen molar-refractivity contribution in [1.29, 1.82) is 0 Å². The van der Waals surface area contributed by atoms with Crippen LogP contribution in [0.4, 0.5) is 5.69 Å². The third-order valence-electron chi connectivity index (χ3n) is 6.75. The molecule has 5 aromatic rings. The van der Waals surface area contributed by atoms with Gasteiger partial charge in [0.1, 0.15) is 18.1 Å². The number of aryl methyl sites for hydroxylation is 1. The van der Waals surface area contributed by atoms with E-state index in [1.807, 2.05) is 36.4 Å². The second-order valence-corrected chi connectivity index (χ2v) is 9.37. The zero-order valence-electron chi connectivity index (χ0n) is 21.1. The summed E-state index contributed by atoms with van der Waals surface area (Å²) in [4.78, 5) is 15.9. The van der Waals surface area contributed by atoms with Crippen LogP contribution in [0.2, 0.25) is 0 Å².